The molecule has 0 bridgehead atoms. The van der Waals surface area contributed by atoms with E-state index in [1.165, 1.54) is 0 Å². The van der Waals surface area contributed by atoms with Crippen LogP contribution >= 0.6 is 11.6 Å². The molecule has 4 nitrogen and oxygen atoms in total. The van der Waals surface area contributed by atoms with Crippen molar-refractivity contribution in [2.45, 2.75) is 13.8 Å². The van der Waals surface area contributed by atoms with E-state index in [0.29, 0.717) is 23.2 Å². The number of nitriles is 1. The topological polar surface area (TPSA) is 62.1 Å². The average molecular weight is 267 g/mol. The summed E-state index contributed by atoms with van der Waals surface area (Å²) in [5.74, 6) is 0.493. The number of rotatable bonds is 5. The zero-order valence-corrected chi connectivity index (χ0v) is 11.1. The van der Waals surface area contributed by atoms with Gasteiger partial charge in [-0.25, -0.2) is 0 Å². The summed E-state index contributed by atoms with van der Waals surface area (Å²) < 4.78 is 5.28. The first-order valence-electron chi connectivity index (χ1n) is 5.62. The van der Waals surface area contributed by atoms with Crippen LogP contribution in [0.25, 0.3) is 0 Å². The fourth-order valence-electron chi connectivity index (χ4n) is 1.25. The van der Waals surface area contributed by atoms with Gasteiger partial charge in [-0.3, -0.25) is 4.79 Å². The fraction of sp³-hybridized carbons (Fsp3) is 0.385. The van der Waals surface area contributed by atoms with Gasteiger partial charge in [-0.2, -0.15) is 5.26 Å². The lowest BCUT2D eigenvalue weighted by atomic mass is 10.2. The molecule has 1 aromatic carbocycles. The van der Waals surface area contributed by atoms with Gasteiger partial charge in [0, 0.05) is 6.54 Å². The third-order valence-electron chi connectivity index (χ3n) is 2.15. The molecule has 0 unspecified atom stereocenters. The second-order valence-corrected chi connectivity index (χ2v) is 4.62. The molecule has 0 radical (unpaired) electrons. The van der Waals surface area contributed by atoms with Gasteiger partial charge in [0.2, 0.25) is 0 Å². The van der Waals surface area contributed by atoms with Crippen molar-refractivity contribution in [3.8, 4) is 11.8 Å². The van der Waals surface area contributed by atoms with E-state index in [9.17, 15) is 4.79 Å². The Morgan fingerprint density at radius 2 is 2.28 bits per heavy atom. The van der Waals surface area contributed by atoms with Crippen LogP contribution < -0.4 is 10.1 Å². The molecule has 1 aromatic rings. The maximum Gasteiger partial charge on any atom is 0.257 e. The summed E-state index contributed by atoms with van der Waals surface area (Å²) in [5, 5.41) is 12.0. The van der Waals surface area contributed by atoms with Gasteiger partial charge in [-0.1, -0.05) is 31.5 Å². The summed E-state index contributed by atoms with van der Waals surface area (Å²) >= 11 is 5.84. The number of hydrogen-bond acceptors (Lipinski definition) is 3. The Labute approximate surface area is 112 Å². The zero-order chi connectivity index (χ0) is 13.5. The summed E-state index contributed by atoms with van der Waals surface area (Å²) in [6.45, 7) is 4.49. The van der Waals surface area contributed by atoms with E-state index < -0.39 is 0 Å². The molecule has 0 atom stereocenters. The third kappa shape index (κ3) is 4.27. The minimum absolute atomic E-state index is 0.123. The van der Waals surface area contributed by atoms with Crippen LogP contribution in [0.3, 0.4) is 0 Å². The first-order chi connectivity index (χ1) is 8.54. The van der Waals surface area contributed by atoms with E-state index in [-0.39, 0.29) is 18.1 Å². The minimum Gasteiger partial charge on any atom is -0.482 e. The lowest BCUT2D eigenvalue weighted by Gasteiger charge is -2.10. The zero-order valence-electron chi connectivity index (χ0n) is 10.4. The Morgan fingerprint density at radius 3 is 2.89 bits per heavy atom. The van der Waals surface area contributed by atoms with Crippen LogP contribution in [0.5, 0.6) is 5.75 Å². The maximum absolute atomic E-state index is 11.5. The van der Waals surface area contributed by atoms with Gasteiger partial charge in [0.1, 0.15) is 17.4 Å². The second-order valence-electron chi connectivity index (χ2n) is 4.21. The van der Waals surface area contributed by atoms with Gasteiger partial charge in [0.05, 0.1) is 5.02 Å². The van der Waals surface area contributed by atoms with Crippen molar-refractivity contribution >= 4 is 17.5 Å². The summed E-state index contributed by atoms with van der Waals surface area (Å²) in [5.41, 5.74) is 0.246. The Bertz CT molecular complexity index is 467. The van der Waals surface area contributed by atoms with Crippen LogP contribution in [-0.4, -0.2) is 19.1 Å². The van der Waals surface area contributed by atoms with Crippen molar-refractivity contribution in [3.63, 3.8) is 0 Å². The van der Waals surface area contributed by atoms with Crippen LogP contribution in [0.2, 0.25) is 5.02 Å². The summed E-state index contributed by atoms with van der Waals surface area (Å²) in [4.78, 5) is 11.5. The van der Waals surface area contributed by atoms with Crippen LogP contribution in [0, 0.1) is 17.2 Å². The number of amides is 1. The molecule has 1 amide bonds. The fourth-order valence-corrected chi connectivity index (χ4v) is 1.45. The smallest absolute Gasteiger partial charge is 0.257 e. The summed E-state index contributed by atoms with van der Waals surface area (Å²) in [6.07, 6.45) is 0. The van der Waals surface area contributed by atoms with E-state index in [2.05, 4.69) is 5.32 Å². The van der Waals surface area contributed by atoms with Gasteiger partial charge in [0.25, 0.3) is 5.91 Å². The van der Waals surface area contributed by atoms with Crippen molar-refractivity contribution in [2.75, 3.05) is 13.2 Å². The lowest BCUT2D eigenvalue weighted by molar-refractivity contribution is -0.123. The predicted molar refractivity (Wildman–Crippen MR) is 69.5 cm³/mol. The quantitative estimate of drug-likeness (QED) is 0.890. The van der Waals surface area contributed by atoms with Crippen LogP contribution in [0.4, 0.5) is 0 Å². The van der Waals surface area contributed by atoms with Gasteiger partial charge in [-0.15, -0.1) is 0 Å². The molecule has 0 saturated heterocycles. The number of carbonyl (C=O) groups is 1. The van der Waals surface area contributed by atoms with Crippen molar-refractivity contribution in [3.05, 3.63) is 28.8 Å². The van der Waals surface area contributed by atoms with Crippen molar-refractivity contribution < 1.29 is 9.53 Å². The van der Waals surface area contributed by atoms with E-state index in [0.717, 1.165) is 0 Å². The molecule has 0 aromatic heterocycles. The molecule has 0 aliphatic carbocycles. The molecule has 0 aliphatic rings. The van der Waals surface area contributed by atoms with Crippen molar-refractivity contribution in [1.29, 1.82) is 5.26 Å². The monoisotopic (exact) mass is 266 g/mol. The molecule has 1 rings (SSSR count). The first kappa shape index (κ1) is 14.3. The highest BCUT2D eigenvalue weighted by atomic mass is 35.5. The Morgan fingerprint density at radius 1 is 1.56 bits per heavy atom. The lowest BCUT2D eigenvalue weighted by Crippen LogP contribution is -2.31. The Hall–Kier alpha value is -1.73. The van der Waals surface area contributed by atoms with Crippen molar-refractivity contribution in [2.24, 2.45) is 5.92 Å². The number of nitrogens with one attached hydrogen (secondary N) is 1. The minimum atomic E-state index is -0.215. The first-order valence-corrected chi connectivity index (χ1v) is 6.00. The average Bonchev–Trinajstić information content (AvgIpc) is 2.33. The second kappa shape index (κ2) is 6.87. The molecule has 0 spiro atoms. The molecule has 1 N–H and O–H groups in total. The highest BCUT2D eigenvalue weighted by molar-refractivity contribution is 6.31. The number of hydrogen-bond donors (Lipinski definition) is 1. The van der Waals surface area contributed by atoms with E-state index in [1.807, 2.05) is 19.9 Å². The molecule has 96 valence electrons. The van der Waals surface area contributed by atoms with Crippen LogP contribution in [0.15, 0.2) is 18.2 Å². The summed E-state index contributed by atoms with van der Waals surface area (Å²) in [7, 11) is 0. The molecular formula is C13H15ClN2O2. The van der Waals surface area contributed by atoms with Crippen LogP contribution in [-0.2, 0) is 4.79 Å². The maximum atomic E-state index is 11.5. The SMILES string of the molecule is CC(C)CNC(=O)COc1cccc(Cl)c1C#N. The highest BCUT2D eigenvalue weighted by Crippen LogP contribution is 2.25. The summed E-state index contributed by atoms with van der Waals surface area (Å²) in [6, 6.07) is 6.83. The number of benzene rings is 1. The van der Waals surface area contributed by atoms with Gasteiger partial charge in [0.15, 0.2) is 6.61 Å². The standard InChI is InChI=1S/C13H15ClN2O2/c1-9(2)7-16-13(17)8-18-12-5-3-4-11(14)10(12)6-15/h3-5,9H,7-8H2,1-2H3,(H,16,17). The number of ether oxygens (including phenoxy) is 1. The molecule has 0 saturated carbocycles. The van der Waals surface area contributed by atoms with E-state index >= 15 is 0 Å². The normalized spacial score (nSPS) is 9.94. The van der Waals surface area contributed by atoms with Gasteiger partial charge >= 0.3 is 0 Å². The molecule has 0 heterocycles. The third-order valence-corrected chi connectivity index (χ3v) is 2.47. The van der Waals surface area contributed by atoms with E-state index in [4.69, 9.17) is 21.6 Å². The molecule has 0 aliphatic heterocycles. The number of nitrogens with zero attached hydrogens (tertiary/aromatic N) is 1. The highest BCUT2D eigenvalue weighted by Gasteiger charge is 2.09. The Kier molecular flexibility index (Phi) is 5.47. The van der Waals surface area contributed by atoms with E-state index in [1.54, 1.807) is 18.2 Å². The van der Waals surface area contributed by atoms with Crippen LogP contribution in [0.1, 0.15) is 19.4 Å². The van der Waals surface area contributed by atoms with Gasteiger partial charge < -0.3 is 10.1 Å². The van der Waals surface area contributed by atoms with Gasteiger partial charge in [-0.05, 0) is 18.1 Å². The Balaban J connectivity index is 2.57. The van der Waals surface area contributed by atoms with Crippen molar-refractivity contribution in [1.82, 2.24) is 5.32 Å². The predicted octanol–water partition coefficient (Wildman–Crippen LogP) is 2.36. The molecule has 5 heteroatoms. The number of halogens is 1. The molecule has 18 heavy (non-hydrogen) atoms. The molecular weight excluding hydrogens is 252 g/mol. The largest absolute Gasteiger partial charge is 0.482 e. The number of carbonyl (C=O) groups excluding carboxylic acids is 1. The molecule has 0 fully saturated rings.